The Kier molecular flexibility index (Phi) is 1.55. The van der Waals surface area contributed by atoms with Crippen LogP contribution in [0.3, 0.4) is 0 Å². The van der Waals surface area contributed by atoms with Crippen LogP contribution in [0.5, 0.6) is 0 Å². The van der Waals surface area contributed by atoms with E-state index < -0.39 is 5.91 Å². The highest BCUT2D eigenvalue weighted by Crippen LogP contribution is 2.23. The van der Waals surface area contributed by atoms with Gasteiger partial charge in [-0.2, -0.15) is 0 Å². The average Bonchev–Trinajstić information content (AvgIpc) is 2.47. The van der Waals surface area contributed by atoms with Crippen LogP contribution in [0.1, 0.15) is 10.4 Å². The summed E-state index contributed by atoms with van der Waals surface area (Å²) >= 11 is 1.50. The Morgan fingerprint density at radius 1 is 1.58 bits per heavy atom. The van der Waals surface area contributed by atoms with E-state index in [1.54, 1.807) is 17.8 Å². The van der Waals surface area contributed by atoms with Crippen molar-refractivity contribution >= 4 is 27.3 Å². The Hall–Kier alpha value is -1.42. The minimum absolute atomic E-state index is 0.394. The molecular formula is C8H6N2OS. The topological polar surface area (TPSA) is 56.0 Å². The molecule has 0 aromatic carbocycles. The smallest absolute Gasteiger partial charge is 0.250 e. The number of primary amides is 1. The fourth-order valence-corrected chi connectivity index (χ4v) is 1.98. The summed E-state index contributed by atoms with van der Waals surface area (Å²) in [7, 11) is 0. The quantitative estimate of drug-likeness (QED) is 0.717. The number of carbonyl (C=O) groups excluding carboxylic acids is 1. The molecule has 2 aromatic rings. The molecule has 12 heavy (non-hydrogen) atoms. The van der Waals surface area contributed by atoms with Crippen LogP contribution in [0.2, 0.25) is 0 Å². The van der Waals surface area contributed by atoms with Gasteiger partial charge >= 0.3 is 0 Å². The zero-order chi connectivity index (χ0) is 8.55. The first kappa shape index (κ1) is 7.24. The SMILES string of the molecule is NC(=O)c1csc2ccncc12. The van der Waals surface area contributed by atoms with E-state index in [4.69, 9.17) is 5.73 Å². The number of aromatic nitrogens is 1. The number of hydrogen-bond donors (Lipinski definition) is 1. The molecule has 0 atom stereocenters. The van der Waals surface area contributed by atoms with Crippen molar-refractivity contribution in [2.45, 2.75) is 0 Å². The fraction of sp³-hybridized carbons (Fsp3) is 0. The first-order valence-electron chi connectivity index (χ1n) is 3.40. The van der Waals surface area contributed by atoms with Gasteiger partial charge in [-0.05, 0) is 6.07 Å². The summed E-state index contributed by atoms with van der Waals surface area (Å²) in [6.07, 6.45) is 3.36. The van der Waals surface area contributed by atoms with Gasteiger partial charge in [0.05, 0.1) is 5.56 Å². The zero-order valence-corrected chi connectivity index (χ0v) is 6.97. The molecule has 0 aliphatic carbocycles. The molecule has 0 aliphatic heterocycles. The summed E-state index contributed by atoms with van der Waals surface area (Å²) in [5, 5.41) is 2.60. The molecule has 1 amide bonds. The molecule has 3 nitrogen and oxygen atoms in total. The second-order valence-corrected chi connectivity index (χ2v) is 3.30. The van der Waals surface area contributed by atoms with Crippen LogP contribution in [-0.4, -0.2) is 10.9 Å². The Labute approximate surface area is 72.8 Å². The fourth-order valence-electron chi connectivity index (χ4n) is 1.06. The Morgan fingerprint density at radius 3 is 3.17 bits per heavy atom. The molecule has 0 saturated carbocycles. The van der Waals surface area contributed by atoms with Crippen molar-refractivity contribution < 1.29 is 4.79 Å². The third-order valence-electron chi connectivity index (χ3n) is 1.64. The molecule has 0 bridgehead atoms. The van der Waals surface area contributed by atoms with Crippen molar-refractivity contribution in [1.29, 1.82) is 0 Å². The number of rotatable bonds is 1. The third-order valence-corrected chi connectivity index (χ3v) is 2.60. The number of carbonyl (C=O) groups is 1. The maximum atomic E-state index is 10.9. The van der Waals surface area contributed by atoms with Crippen LogP contribution < -0.4 is 5.73 Å². The van der Waals surface area contributed by atoms with Crippen molar-refractivity contribution in [2.75, 3.05) is 0 Å². The average molecular weight is 178 g/mol. The van der Waals surface area contributed by atoms with E-state index >= 15 is 0 Å². The van der Waals surface area contributed by atoms with Crippen molar-refractivity contribution in [2.24, 2.45) is 5.73 Å². The van der Waals surface area contributed by atoms with Crippen molar-refractivity contribution in [3.63, 3.8) is 0 Å². The number of thiophene rings is 1. The molecule has 0 fully saturated rings. The van der Waals surface area contributed by atoms with E-state index in [0.29, 0.717) is 5.56 Å². The number of fused-ring (bicyclic) bond motifs is 1. The predicted molar refractivity (Wildman–Crippen MR) is 48.1 cm³/mol. The summed E-state index contributed by atoms with van der Waals surface area (Å²) in [5.74, 6) is -0.394. The van der Waals surface area contributed by atoms with Crippen LogP contribution in [0, 0.1) is 0 Å². The van der Waals surface area contributed by atoms with Crippen molar-refractivity contribution in [3.05, 3.63) is 29.4 Å². The zero-order valence-electron chi connectivity index (χ0n) is 6.15. The third kappa shape index (κ3) is 0.967. The largest absolute Gasteiger partial charge is 0.366 e. The number of nitrogens with zero attached hydrogens (tertiary/aromatic N) is 1. The number of nitrogens with two attached hydrogens (primary N) is 1. The summed E-state index contributed by atoms with van der Waals surface area (Å²) in [5.41, 5.74) is 5.72. The van der Waals surface area contributed by atoms with E-state index in [9.17, 15) is 4.79 Å². The summed E-state index contributed by atoms with van der Waals surface area (Å²) in [6.45, 7) is 0. The molecule has 0 aliphatic rings. The lowest BCUT2D eigenvalue weighted by Crippen LogP contribution is -2.09. The standard InChI is InChI=1S/C8H6N2OS/c9-8(11)6-4-12-7-1-2-10-3-5(6)7/h1-4H,(H2,9,11). The van der Waals surface area contributed by atoms with E-state index in [1.807, 2.05) is 6.07 Å². The lowest BCUT2D eigenvalue weighted by Gasteiger charge is -1.90. The van der Waals surface area contributed by atoms with Gasteiger partial charge in [0, 0.05) is 27.9 Å². The summed E-state index contributed by atoms with van der Waals surface area (Å²) < 4.78 is 1.04. The van der Waals surface area contributed by atoms with Gasteiger partial charge in [0.15, 0.2) is 0 Å². The van der Waals surface area contributed by atoms with Gasteiger partial charge < -0.3 is 5.73 Å². The minimum atomic E-state index is -0.394. The monoisotopic (exact) mass is 178 g/mol. The maximum Gasteiger partial charge on any atom is 0.250 e. The Morgan fingerprint density at radius 2 is 2.42 bits per heavy atom. The molecule has 0 saturated heterocycles. The van der Waals surface area contributed by atoms with Gasteiger partial charge in [0.25, 0.3) is 0 Å². The Bertz CT molecular complexity index is 435. The second-order valence-electron chi connectivity index (χ2n) is 2.39. The summed E-state index contributed by atoms with van der Waals surface area (Å²) in [6, 6.07) is 1.87. The Balaban J connectivity index is 2.79. The molecule has 60 valence electrons. The van der Waals surface area contributed by atoms with Crippen molar-refractivity contribution in [3.8, 4) is 0 Å². The van der Waals surface area contributed by atoms with Crippen LogP contribution in [0.25, 0.3) is 10.1 Å². The molecule has 2 rings (SSSR count). The molecule has 0 radical (unpaired) electrons. The van der Waals surface area contributed by atoms with E-state index in [1.165, 1.54) is 11.3 Å². The predicted octanol–water partition coefficient (Wildman–Crippen LogP) is 1.40. The number of hydrogen-bond acceptors (Lipinski definition) is 3. The van der Waals surface area contributed by atoms with Crippen molar-refractivity contribution in [1.82, 2.24) is 4.98 Å². The van der Waals surface area contributed by atoms with Crippen LogP contribution in [0.15, 0.2) is 23.8 Å². The van der Waals surface area contributed by atoms with E-state index in [2.05, 4.69) is 4.98 Å². The van der Waals surface area contributed by atoms with Gasteiger partial charge in [-0.15, -0.1) is 11.3 Å². The lowest BCUT2D eigenvalue weighted by molar-refractivity contribution is 0.100. The molecule has 4 heteroatoms. The molecular weight excluding hydrogens is 172 g/mol. The van der Waals surface area contributed by atoms with E-state index in [-0.39, 0.29) is 0 Å². The van der Waals surface area contributed by atoms with Gasteiger partial charge in [0.2, 0.25) is 5.91 Å². The number of amides is 1. The minimum Gasteiger partial charge on any atom is -0.366 e. The van der Waals surface area contributed by atoms with Gasteiger partial charge in [-0.25, -0.2) is 0 Å². The molecule has 0 spiro atoms. The highest BCUT2D eigenvalue weighted by atomic mass is 32.1. The first-order valence-corrected chi connectivity index (χ1v) is 4.28. The highest BCUT2D eigenvalue weighted by Gasteiger charge is 2.07. The second kappa shape index (κ2) is 2.57. The van der Waals surface area contributed by atoms with Crippen LogP contribution >= 0.6 is 11.3 Å². The number of pyridine rings is 1. The highest BCUT2D eigenvalue weighted by molar-refractivity contribution is 7.17. The molecule has 2 aromatic heterocycles. The van der Waals surface area contributed by atoms with Gasteiger partial charge in [-0.3, -0.25) is 9.78 Å². The maximum absolute atomic E-state index is 10.9. The molecule has 2 N–H and O–H groups in total. The van der Waals surface area contributed by atoms with E-state index in [0.717, 1.165) is 10.1 Å². The van der Waals surface area contributed by atoms with Gasteiger partial charge in [0.1, 0.15) is 0 Å². The molecule has 2 heterocycles. The van der Waals surface area contributed by atoms with Crippen LogP contribution in [0.4, 0.5) is 0 Å². The lowest BCUT2D eigenvalue weighted by atomic mass is 10.2. The normalized spacial score (nSPS) is 10.3. The van der Waals surface area contributed by atoms with Gasteiger partial charge in [-0.1, -0.05) is 0 Å². The first-order chi connectivity index (χ1) is 5.79. The van der Waals surface area contributed by atoms with Crippen LogP contribution in [-0.2, 0) is 0 Å². The summed E-state index contributed by atoms with van der Waals surface area (Å²) in [4.78, 5) is 14.8. The molecule has 0 unspecified atom stereocenters.